The van der Waals surface area contributed by atoms with E-state index in [0.29, 0.717) is 0 Å². The standard InChI is InChI=1S/C13H15N/c1-14(2)10-12-8-5-7-11-6-3-4-9-13(11)12/h3-9,14H,1,10H2,2H3. The van der Waals surface area contributed by atoms with Crippen LogP contribution in [0.3, 0.4) is 0 Å². The topological polar surface area (TPSA) is 4.44 Å². The molecule has 0 aliphatic heterocycles. The Bertz CT molecular complexity index is 427. The van der Waals surface area contributed by atoms with E-state index in [1.807, 2.05) is 0 Å². The molecule has 0 heterocycles. The van der Waals surface area contributed by atoms with E-state index < -0.39 is 0 Å². The first kappa shape index (κ1) is 9.22. The van der Waals surface area contributed by atoms with Crippen LogP contribution in [0.1, 0.15) is 5.56 Å². The minimum Gasteiger partial charge on any atom is -0.467 e. The number of nitrogens with one attached hydrogen (secondary N) is 1. The number of rotatable bonds is 2. The Labute approximate surface area is 85.0 Å². The van der Waals surface area contributed by atoms with Gasteiger partial charge in [-0.25, -0.2) is 0 Å². The first-order valence-corrected chi connectivity index (χ1v) is 4.88. The van der Waals surface area contributed by atoms with Crippen molar-refractivity contribution in [1.29, 1.82) is 0 Å². The number of quaternary nitrogens is 1. The fraction of sp³-hybridized carbons (Fsp3) is 0.154. The molecule has 0 bridgehead atoms. The van der Waals surface area contributed by atoms with Crippen LogP contribution in [-0.2, 0) is 6.54 Å². The Morgan fingerprint density at radius 1 is 1.07 bits per heavy atom. The molecule has 0 radical (unpaired) electrons. The molecule has 0 aromatic heterocycles. The summed E-state index contributed by atoms with van der Waals surface area (Å²) in [5.74, 6) is 0. The van der Waals surface area contributed by atoms with Crippen molar-refractivity contribution in [3.63, 3.8) is 0 Å². The van der Waals surface area contributed by atoms with Crippen molar-refractivity contribution >= 4 is 10.8 Å². The van der Waals surface area contributed by atoms with Crippen LogP contribution in [0, 0.1) is 7.05 Å². The molecule has 1 N–H and O–H groups in total. The van der Waals surface area contributed by atoms with Crippen molar-refractivity contribution in [1.82, 2.24) is 0 Å². The van der Waals surface area contributed by atoms with E-state index in [1.165, 1.54) is 21.2 Å². The van der Waals surface area contributed by atoms with E-state index in [4.69, 9.17) is 0 Å². The average Bonchev–Trinajstić information content (AvgIpc) is 2.18. The number of fused-ring (bicyclic) bond motifs is 1. The molecule has 1 unspecified atom stereocenters. The highest BCUT2D eigenvalue weighted by Crippen LogP contribution is 2.17. The highest BCUT2D eigenvalue weighted by molar-refractivity contribution is 5.85. The molecule has 2 rings (SSSR count). The number of benzene rings is 2. The van der Waals surface area contributed by atoms with Crippen molar-refractivity contribution in [2.24, 2.45) is 0 Å². The quantitative estimate of drug-likeness (QED) is 0.678. The van der Waals surface area contributed by atoms with Gasteiger partial charge >= 0.3 is 0 Å². The zero-order chi connectivity index (χ0) is 9.97. The molecule has 14 heavy (non-hydrogen) atoms. The van der Waals surface area contributed by atoms with Gasteiger partial charge in [0.2, 0.25) is 0 Å². The molecule has 1 nitrogen and oxygen atoms in total. The molecule has 2 aromatic rings. The first-order valence-electron chi connectivity index (χ1n) is 4.88. The first-order chi connectivity index (χ1) is 6.77. The van der Waals surface area contributed by atoms with E-state index in [2.05, 4.69) is 56.6 Å². The maximum Gasteiger partial charge on any atom is 0.0792 e. The highest BCUT2D eigenvalue weighted by Gasteiger charge is 2.00. The summed E-state index contributed by atoms with van der Waals surface area (Å²) in [6.45, 7) is 0.974. The van der Waals surface area contributed by atoms with Gasteiger partial charge in [0, 0.05) is 12.6 Å². The van der Waals surface area contributed by atoms with E-state index >= 15 is 0 Å². The highest BCUT2D eigenvalue weighted by atomic mass is 15.0. The van der Waals surface area contributed by atoms with Crippen molar-refractivity contribution in [3.8, 4) is 0 Å². The summed E-state index contributed by atoms with van der Waals surface area (Å²) in [5, 5.41) is 2.66. The number of hydrogen-bond acceptors (Lipinski definition) is 0. The average molecular weight is 185 g/mol. The maximum absolute atomic E-state index is 3.96. The Kier molecular flexibility index (Phi) is 2.51. The minimum absolute atomic E-state index is 0.974. The summed E-state index contributed by atoms with van der Waals surface area (Å²) in [5.41, 5.74) is 1.37. The molecule has 0 saturated carbocycles. The van der Waals surface area contributed by atoms with Gasteiger partial charge in [0.1, 0.15) is 0 Å². The zero-order valence-electron chi connectivity index (χ0n) is 8.46. The van der Waals surface area contributed by atoms with Crippen LogP contribution in [-0.4, -0.2) is 7.05 Å². The predicted molar refractivity (Wildman–Crippen MR) is 59.9 cm³/mol. The van der Waals surface area contributed by atoms with Gasteiger partial charge < -0.3 is 4.90 Å². The fourth-order valence-electron chi connectivity index (χ4n) is 1.77. The summed E-state index contributed by atoms with van der Waals surface area (Å²) in [6, 6.07) is 14.9. The molecular weight excluding hydrogens is 170 g/mol. The molecular formula is C13H15N. The molecule has 0 aliphatic carbocycles. The van der Waals surface area contributed by atoms with Crippen LogP contribution >= 0.6 is 0 Å². The molecule has 1 atom stereocenters. The van der Waals surface area contributed by atoms with Crippen LogP contribution in [0.2, 0.25) is 0 Å². The molecule has 0 amide bonds. The van der Waals surface area contributed by atoms with Crippen LogP contribution in [0.15, 0.2) is 42.5 Å². The minimum atomic E-state index is 0.974. The second-order valence-electron chi connectivity index (χ2n) is 3.77. The van der Waals surface area contributed by atoms with Crippen molar-refractivity contribution in [3.05, 3.63) is 55.1 Å². The Hall–Kier alpha value is -1.34. The summed E-state index contributed by atoms with van der Waals surface area (Å²) in [4.78, 5) is 1.21. The Balaban J connectivity index is 2.53. The van der Waals surface area contributed by atoms with Gasteiger partial charge in [0.15, 0.2) is 0 Å². The van der Waals surface area contributed by atoms with E-state index in [1.54, 1.807) is 0 Å². The third-order valence-electron chi connectivity index (χ3n) is 2.37. The fourth-order valence-corrected chi connectivity index (χ4v) is 1.77. The third-order valence-corrected chi connectivity index (χ3v) is 2.37. The molecule has 0 fully saturated rings. The maximum atomic E-state index is 3.96. The largest absolute Gasteiger partial charge is 0.467 e. The summed E-state index contributed by atoms with van der Waals surface area (Å²) < 4.78 is 0. The van der Waals surface area contributed by atoms with Gasteiger partial charge in [-0.2, -0.15) is 7.05 Å². The van der Waals surface area contributed by atoms with Crippen molar-refractivity contribution in [2.75, 3.05) is 7.05 Å². The summed E-state index contributed by atoms with van der Waals surface area (Å²) in [6.07, 6.45) is 0. The van der Waals surface area contributed by atoms with Crippen LogP contribution in [0.25, 0.3) is 10.8 Å². The summed E-state index contributed by atoms with van der Waals surface area (Å²) >= 11 is 0. The van der Waals surface area contributed by atoms with Crippen LogP contribution < -0.4 is 4.90 Å². The lowest BCUT2D eigenvalue weighted by atomic mass is 10.0. The van der Waals surface area contributed by atoms with Gasteiger partial charge in [0.25, 0.3) is 0 Å². The molecule has 0 saturated heterocycles. The summed E-state index contributed by atoms with van der Waals surface area (Å²) in [7, 11) is 6.03. The second kappa shape index (κ2) is 3.81. The number of hydrogen-bond donors (Lipinski definition) is 1. The molecule has 0 aliphatic rings. The molecule has 72 valence electrons. The lowest BCUT2D eigenvalue weighted by Gasteiger charge is -2.15. The normalized spacial score (nSPS) is 13.0. The molecule has 1 heteroatoms. The second-order valence-corrected chi connectivity index (χ2v) is 3.77. The van der Waals surface area contributed by atoms with Crippen LogP contribution in [0.4, 0.5) is 0 Å². The van der Waals surface area contributed by atoms with Gasteiger partial charge in [-0.1, -0.05) is 42.5 Å². The van der Waals surface area contributed by atoms with Gasteiger partial charge in [-0.3, -0.25) is 0 Å². The third kappa shape index (κ3) is 1.78. The Morgan fingerprint density at radius 2 is 1.79 bits per heavy atom. The molecule has 2 aromatic carbocycles. The van der Waals surface area contributed by atoms with E-state index in [-0.39, 0.29) is 0 Å². The van der Waals surface area contributed by atoms with Gasteiger partial charge in [-0.15, -0.1) is 0 Å². The van der Waals surface area contributed by atoms with Gasteiger partial charge in [-0.05, 0) is 10.8 Å². The SMILES string of the molecule is [CH2-][NH+](C)Cc1cccc2ccccc12. The smallest absolute Gasteiger partial charge is 0.0792 e. The monoisotopic (exact) mass is 185 g/mol. The van der Waals surface area contributed by atoms with Crippen LogP contribution in [0.5, 0.6) is 0 Å². The predicted octanol–water partition coefficient (Wildman–Crippen LogP) is 1.65. The lowest BCUT2D eigenvalue weighted by molar-refractivity contribution is -0.846. The van der Waals surface area contributed by atoms with Crippen molar-refractivity contribution in [2.45, 2.75) is 6.54 Å². The van der Waals surface area contributed by atoms with Crippen molar-refractivity contribution < 1.29 is 4.90 Å². The van der Waals surface area contributed by atoms with E-state index in [0.717, 1.165) is 6.54 Å². The molecule has 0 spiro atoms. The van der Waals surface area contributed by atoms with E-state index in [9.17, 15) is 0 Å². The Morgan fingerprint density at radius 3 is 2.57 bits per heavy atom. The van der Waals surface area contributed by atoms with Gasteiger partial charge in [0.05, 0.1) is 6.54 Å². The zero-order valence-corrected chi connectivity index (χ0v) is 8.46. The lowest BCUT2D eigenvalue weighted by Crippen LogP contribution is -3.01.